The Hall–Kier alpha value is -2.92. The largest absolute Gasteiger partial charge is 0.493 e. The Bertz CT molecular complexity index is 915. The van der Waals surface area contributed by atoms with Crippen LogP contribution in [0.3, 0.4) is 0 Å². The zero-order valence-corrected chi connectivity index (χ0v) is 15.8. The van der Waals surface area contributed by atoms with Crippen LogP contribution in [0, 0.1) is 11.6 Å². The van der Waals surface area contributed by atoms with Crippen molar-refractivity contribution in [2.24, 2.45) is 0 Å². The van der Waals surface area contributed by atoms with Crippen LogP contribution in [-0.2, 0) is 19.6 Å². The van der Waals surface area contributed by atoms with Gasteiger partial charge in [-0.3, -0.25) is 0 Å². The number of halogens is 2. The molecular formula is C23H23F2NO2. The summed E-state index contributed by atoms with van der Waals surface area (Å²) >= 11 is 0. The number of methoxy groups -OCH3 is 1. The van der Waals surface area contributed by atoms with E-state index in [4.69, 9.17) is 9.47 Å². The minimum Gasteiger partial charge on any atom is -0.493 e. The third-order valence-electron chi connectivity index (χ3n) is 4.43. The van der Waals surface area contributed by atoms with Gasteiger partial charge < -0.3 is 14.8 Å². The lowest BCUT2D eigenvalue weighted by Gasteiger charge is -2.13. The molecule has 0 spiro atoms. The molecule has 3 aromatic rings. The predicted molar refractivity (Wildman–Crippen MR) is 106 cm³/mol. The molecule has 0 unspecified atom stereocenters. The molecule has 5 heteroatoms. The molecule has 0 bridgehead atoms. The first-order valence-corrected chi connectivity index (χ1v) is 9.14. The van der Waals surface area contributed by atoms with Gasteiger partial charge >= 0.3 is 0 Å². The molecule has 0 radical (unpaired) electrons. The first-order chi connectivity index (χ1) is 13.7. The van der Waals surface area contributed by atoms with E-state index in [9.17, 15) is 8.78 Å². The molecule has 3 aromatic carbocycles. The zero-order chi connectivity index (χ0) is 19.8. The number of benzene rings is 3. The lowest BCUT2D eigenvalue weighted by Crippen LogP contribution is -2.17. The van der Waals surface area contributed by atoms with Gasteiger partial charge in [-0.05, 0) is 48.4 Å². The average molecular weight is 383 g/mol. The molecule has 3 nitrogen and oxygen atoms in total. The molecule has 0 aliphatic carbocycles. The summed E-state index contributed by atoms with van der Waals surface area (Å²) in [5.41, 5.74) is 2.21. The van der Waals surface area contributed by atoms with Gasteiger partial charge in [-0.1, -0.05) is 42.5 Å². The van der Waals surface area contributed by atoms with Gasteiger partial charge in [0.2, 0.25) is 0 Å². The van der Waals surface area contributed by atoms with Crippen LogP contribution < -0.4 is 14.8 Å². The normalized spacial score (nSPS) is 10.7. The summed E-state index contributed by atoms with van der Waals surface area (Å²) in [4.78, 5) is 0. The van der Waals surface area contributed by atoms with Crippen LogP contribution in [-0.4, -0.2) is 13.7 Å². The van der Waals surface area contributed by atoms with Crippen molar-refractivity contribution in [1.82, 2.24) is 5.32 Å². The van der Waals surface area contributed by atoms with Crippen LogP contribution >= 0.6 is 0 Å². The summed E-state index contributed by atoms with van der Waals surface area (Å²) in [6, 6.07) is 18.9. The molecule has 146 valence electrons. The highest BCUT2D eigenvalue weighted by Gasteiger charge is 2.08. The van der Waals surface area contributed by atoms with E-state index in [1.54, 1.807) is 37.4 Å². The fraction of sp³-hybridized carbons (Fsp3) is 0.217. The number of ether oxygens (including phenoxy) is 2. The van der Waals surface area contributed by atoms with Gasteiger partial charge in [0.05, 0.1) is 7.11 Å². The molecule has 0 aromatic heterocycles. The topological polar surface area (TPSA) is 30.5 Å². The minimum atomic E-state index is -0.294. The molecule has 0 heterocycles. The molecular weight excluding hydrogens is 360 g/mol. The Labute approximate surface area is 163 Å². The van der Waals surface area contributed by atoms with E-state index in [2.05, 4.69) is 5.32 Å². The predicted octanol–water partition coefficient (Wildman–Crippen LogP) is 4.88. The fourth-order valence-electron chi connectivity index (χ4n) is 2.87. The maximum Gasteiger partial charge on any atom is 0.161 e. The smallest absolute Gasteiger partial charge is 0.161 e. The fourth-order valence-corrected chi connectivity index (χ4v) is 2.87. The van der Waals surface area contributed by atoms with Crippen molar-refractivity contribution in [1.29, 1.82) is 0 Å². The van der Waals surface area contributed by atoms with E-state index >= 15 is 0 Å². The summed E-state index contributed by atoms with van der Waals surface area (Å²) in [6.07, 6.45) is 0.619. The maximum atomic E-state index is 13.7. The molecule has 0 saturated carbocycles. The molecule has 0 amide bonds. The first-order valence-electron chi connectivity index (χ1n) is 9.14. The van der Waals surface area contributed by atoms with Crippen LogP contribution in [0.5, 0.6) is 11.5 Å². The monoisotopic (exact) mass is 383 g/mol. The van der Waals surface area contributed by atoms with Gasteiger partial charge in [-0.15, -0.1) is 0 Å². The highest BCUT2D eigenvalue weighted by molar-refractivity contribution is 5.43. The van der Waals surface area contributed by atoms with Crippen molar-refractivity contribution in [2.75, 3.05) is 13.7 Å². The van der Waals surface area contributed by atoms with Crippen LogP contribution in [0.1, 0.15) is 16.7 Å². The maximum absolute atomic E-state index is 13.7. The lowest BCUT2D eigenvalue weighted by atomic mass is 10.1. The zero-order valence-electron chi connectivity index (χ0n) is 15.8. The van der Waals surface area contributed by atoms with Gasteiger partial charge in [-0.25, -0.2) is 8.78 Å². The molecule has 0 atom stereocenters. The van der Waals surface area contributed by atoms with E-state index in [0.29, 0.717) is 42.1 Å². The summed E-state index contributed by atoms with van der Waals surface area (Å²) < 4.78 is 38.5. The quantitative estimate of drug-likeness (QED) is 0.534. The molecule has 3 rings (SSSR count). The Balaban J connectivity index is 1.54. The van der Waals surface area contributed by atoms with E-state index in [0.717, 1.165) is 5.56 Å². The summed E-state index contributed by atoms with van der Waals surface area (Å²) in [7, 11) is 1.57. The third-order valence-corrected chi connectivity index (χ3v) is 4.43. The van der Waals surface area contributed by atoms with Crippen LogP contribution in [0.15, 0.2) is 66.7 Å². The van der Waals surface area contributed by atoms with Crippen LogP contribution in [0.2, 0.25) is 0 Å². The van der Waals surface area contributed by atoms with Crippen molar-refractivity contribution >= 4 is 0 Å². The van der Waals surface area contributed by atoms with Gasteiger partial charge in [0.1, 0.15) is 18.2 Å². The van der Waals surface area contributed by atoms with Crippen molar-refractivity contribution in [3.8, 4) is 11.5 Å². The summed E-state index contributed by atoms with van der Waals surface area (Å²) in [5.74, 6) is 0.671. The second kappa shape index (κ2) is 9.85. The average Bonchev–Trinajstić information content (AvgIpc) is 2.72. The van der Waals surface area contributed by atoms with Crippen molar-refractivity contribution < 1.29 is 18.3 Å². The Morgan fingerprint density at radius 1 is 0.821 bits per heavy atom. The summed E-state index contributed by atoms with van der Waals surface area (Å²) in [5, 5.41) is 3.30. The number of hydrogen-bond acceptors (Lipinski definition) is 3. The highest BCUT2D eigenvalue weighted by Crippen LogP contribution is 2.29. The van der Waals surface area contributed by atoms with Gasteiger partial charge in [-0.2, -0.15) is 0 Å². The van der Waals surface area contributed by atoms with Gasteiger partial charge in [0, 0.05) is 12.1 Å². The minimum absolute atomic E-state index is 0.128. The van der Waals surface area contributed by atoms with Gasteiger partial charge in [0.15, 0.2) is 11.5 Å². The summed E-state index contributed by atoms with van der Waals surface area (Å²) in [6.45, 7) is 1.41. The second-order valence-corrected chi connectivity index (χ2v) is 6.38. The third kappa shape index (κ3) is 5.30. The Morgan fingerprint density at radius 2 is 1.50 bits per heavy atom. The van der Waals surface area contributed by atoms with Gasteiger partial charge in [0.25, 0.3) is 0 Å². The van der Waals surface area contributed by atoms with E-state index in [1.807, 2.05) is 24.3 Å². The molecule has 0 fully saturated rings. The molecule has 28 heavy (non-hydrogen) atoms. The van der Waals surface area contributed by atoms with Crippen molar-refractivity contribution in [3.05, 3.63) is 95.1 Å². The van der Waals surface area contributed by atoms with E-state index in [-0.39, 0.29) is 18.2 Å². The van der Waals surface area contributed by atoms with Crippen LogP contribution in [0.4, 0.5) is 8.78 Å². The number of nitrogens with one attached hydrogen (secondary N) is 1. The Morgan fingerprint density at radius 3 is 2.18 bits per heavy atom. The van der Waals surface area contributed by atoms with Crippen molar-refractivity contribution in [3.63, 3.8) is 0 Å². The number of hydrogen-bond donors (Lipinski definition) is 1. The van der Waals surface area contributed by atoms with E-state index in [1.165, 1.54) is 12.1 Å². The molecule has 0 aliphatic heterocycles. The SMILES string of the molecule is COc1cc(CNCCc2ccccc2F)ccc1OCc1ccccc1F. The van der Waals surface area contributed by atoms with E-state index < -0.39 is 0 Å². The second-order valence-electron chi connectivity index (χ2n) is 6.38. The lowest BCUT2D eigenvalue weighted by molar-refractivity contribution is 0.279. The number of rotatable bonds is 9. The van der Waals surface area contributed by atoms with Crippen LogP contribution in [0.25, 0.3) is 0 Å². The molecule has 1 N–H and O–H groups in total. The molecule has 0 saturated heterocycles. The Kier molecular flexibility index (Phi) is 6.98. The highest BCUT2D eigenvalue weighted by atomic mass is 19.1. The molecule has 0 aliphatic rings. The van der Waals surface area contributed by atoms with Crippen molar-refractivity contribution in [2.45, 2.75) is 19.6 Å². The standard InChI is InChI=1S/C23H23F2NO2/c1-27-23-14-17(15-26-13-12-18-6-2-4-8-20(18)24)10-11-22(23)28-16-19-7-3-5-9-21(19)25/h2-11,14,26H,12-13,15-16H2,1H3. The first kappa shape index (κ1) is 19.8.